The molecule has 0 aromatic carbocycles. The van der Waals surface area contributed by atoms with Gasteiger partial charge in [0.25, 0.3) is 0 Å². The van der Waals surface area contributed by atoms with Gasteiger partial charge in [0.05, 0.1) is 10.6 Å². The van der Waals surface area contributed by atoms with Crippen LogP contribution in [0.15, 0.2) is 11.6 Å². The number of hydrazine groups is 1. The van der Waals surface area contributed by atoms with E-state index < -0.39 is 0 Å². The Morgan fingerprint density at radius 2 is 2.40 bits per heavy atom. The number of aromatic nitrogens is 1. The quantitative estimate of drug-likeness (QED) is 0.571. The van der Waals surface area contributed by atoms with E-state index in [1.807, 2.05) is 11.6 Å². The summed E-state index contributed by atoms with van der Waals surface area (Å²) < 4.78 is 5.38. The van der Waals surface area contributed by atoms with Gasteiger partial charge in [-0.1, -0.05) is 0 Å². The average Bonchev–Trinajstić information content (AvgIpc) is 2.69. The van der Waals surface area contributed by atoms with Gasteiger partial charge in [0.1, 0.15) is 0 Å². The van der Waals surface area contributed by atoms with Crippen LogP contribution >= 0.6 is 11.3 Å². The first-order chi connectivity index (χ1) is 7.07. The van der Waals surface area contributed by atoms with E-state index in [0.29, 0.717) is 0 Å². The second-order valence-electron chi connectivity index (χ2n) is 4.16. The van der Waals surface area contributed by atoms with Gasteiger partial charge < -0.3 is 4.74 Å². The number of nitrogens with zero attached hydrogens (tertiary/aromatic N) is 1. The van der Waals surface area contributed by atoms with Crippen LogP contribution in [0.2, 0.25) is 0 Å². The Morgan fingerprint density at radius 1 is 1.67 bits per heavy atom. The highest BCUT2D eigenvalue weighted by Crippen LogP contribution is 2.18. The highest BCUT2D eigenvalue weighted by molar-refractivity contribution is 7.09. The Bertz CT molecular complexity index is 274. The molecule has 0 bridgehead atoms. The number of hydrogen-bond acceptors (Lipinski definition) is 5. The van der Waals surface area contributed by atoms with Gasteiger partial charge in [-0.25, -0.2) is 4.98 Å². The van der Waals surface area contributed by atoms with E-state index in [9.17, 15) is 0 Å². The molecule has 1 heterocycles. The van der Waals surface area contributed by atoms with Gasteiger partial charge in [-0.05, 0) is 20.3 Å². The third-order valence-corrected chi connectivity index (χ3v) is 3.23. The molecule has 0 aliphatic rings. The van der Waals surface area contributed by atoms with Crippen molar-refractivity contribution in [2.24, 2.45) is 5.84 Å². The van der Waals surface area contributed by atoms with Crippen molar-refractivity contribution in [1.29, 1.82) is 0 Å². The Balaban J connectivity index is 2.50. The molecule has 0 fully saturated rings. The van der Waals surface area contributed by atoms with Gasteiger partial charge in [0.15, 0.2) is 0 Å². The van der Waals surface area contributed by atoms with E-state index in [-0.39, 0.29) is 11.6 Å². The lowest BCUT2D eigenvalue weighted by molar-refractivity contribution is 0.00710. The molecule has 3 N–H and O–H groups in total. The summed E-state index contributed by atoms with van der Waals surface area (Å²) in [4.78, 5) is 4.24. The lowest BCUT2D eigenvalue weighted by Gasteiger charge is -2.27. The topological polar surface area (TPSA) is 60.2 Å². The summed E-state index contributed by atoms with van der Waals surface area (Å²) in [6, 6.07) is 0.200. The zero-order chi connectivity index (χ0) is 11.3. The Hall–Kier alpha value is -0.490. The van der Waals surface area contributed by atoms with E-state index in [1.165, 1.54) is 0 Å². The van der Waals surface area contributed by atoms with Gasteiger partial charge in [-0.15, -0.1) is 11.3 Å². The summed E-state index contributed by atoms with van der Waals surface area (Å²) in [5, 5.41) is 3.08. The molecule has 0 aliphatic carbocycles. The van der Waals surface area contributed by atoms with Crippen LogP contribution in [-0.2, 0) is 11.2 Å². The number of thiazole rings is 1. The molecule has 15 heavy (non-hydrogen) atoms. The van der Waals surface area contributed by atoms with Crippen LogP contribution in [-0.4, -0.2) is 23.7 Å². The van der Waals surface area contributed by atoms with Gasteiger partial charge in [-0.2, -0.15) is 0 Å². The fourth-order valence-corrected chi connectivity index (χ4v) is 2.13. The van der Waals surface area contributed by atoms with Crippen LogP contribution in [0.25, 0.3) is 0 Å². The fourth-order valence-electron chi connectivity index (χ4n) is 1.43. The maximum Gasteiger partial charge on any atom is 0.0940 e. The second-order valence-corrected chi connectivity index (χ2v) is 5.14. The predicted molar refractivity (Wildman–Crippen MR) is 62.6 cm³/mol. The molecule has 0 saturated carbocycles. The molecule has 1 aromatic rings. The Labute approximate surface area is 94.8 Å². The third kappa shape index (κ3) is 4.25. The summed E-state index contributed by atoms with van der Waals surface area (Å²) in [6.07, 6.45) is 3.52. The van der Waals surface area contributed by atoms with E-state index in [1.54, 1.807) is 18.4 Å². The smallest absolute Gasteiger partial charge is 0.0940 e. The van der Waals surface area contributed by atoms with Crippen LogP contribution in [0.4, 0.5) is 0 Å². The van der Waals surface area contributed by atoms with Gasteiger partial charge in [0, 0.05) is 31.1 Å². The summed E-state index contributed by atoms with van der Waals surface area (Å²) in [6.45, 7) is 4.11. The number of rotatable bonds is 6. The first-order valence-electron chi connectivity index (χ1n) is 4.97. The number of methoxy groups -OCH3 is 1. The largest absolute Gasteiger partial charge is 0.379 e. The van der Waals surface area contributed by atoms with Crippen LogP contribution in [0.1, 0.15) is 25.3 Å². The average molecular weight is 229 g/mol. The van der Waals surface area contributed by atoms with Crippen molar-refractivity contribution in [3.8, 4) is 0 Å². The molecule has 0 radical (unpaired) electrons. The van der Waals surface area contributed by atoms with Crippen LogP contribution < -0.4 is 11.3 Å². The minimum atomic E-state index is -0.158. The van der Waals surface area contributed by atoms with Crippen molar-refractivity contribution >= 4 is 11.3 Å². The molecule has 86 valence electrons. The summed E-state index contributed by atoms with van der Waals surface area (Å²) in [7, 11) is 1.72. The molecule has 0 amide bonds. The monoisotopic (exact) mass is 229 g/mol. The number of hydrogen-bond donors (Lipinski definition) is 2. The van der Waals surface area contributed by atoms with E-state index in [0.717, 1.165) is 17.8 Å². The molecule has 0 spiro atoms. The van der Waals surface area contributed by atoms with Crippen molar-refractivity contribution in [2.75, 3.05) is 7.11 Å². The molecular formula is C10H19N3OS. The molecule has 1 aromatic heterocycles. The Kier molecular flexibility index (Phi) is 4.66. The fraction of sp³-hybridized carbons (Fsp3) is 0.700. The van der Waals surface area contributed by atoms with Gasteiger partial charge in [0.2, 0.25) is 0 Å². The van der Waals surface area contributed by atoms with Crippen LogP contribution in [0, 0.1) is 0 Å². The summed E-state index contributed by atoms with van der Waals surface area (Å²) >= 11 is 1.65. The van der Waals surface area contributed by atoms with Crippen LogP contribution in [0.5, 0.6) is 0 Å². The van der Waals surface area contributed by atoms with Crippen molar-refractivity contribution < 1.29 is 4.74 Å². The van der Waals surface area contributed by atoms with Crippen molar-refractivity contribution in [3.63, 3.8) is 0 Å². The molecule has 5 heteroatoms. The first-order valence-corrected chi connectivity index (χ1v) is 5.85. The van der Waals surface area contributed by atoms with E-state index in [2.05, 4.69) is 24.3 Å². The van der Waals surface area contributed by atoms with E-state index >= 15 is 0 Å². The SMILES string of the molecule is COC(C)(C)CC(Cc1nccs1)NN. The molecule has 0 saturated heterocycles. The summed E-state index contributed by atoms with van der Waals surface area (Å²) in [5.41, 5.74) is 2.66. The van der Waals surface area contributed by atoms with Crippen molar-refractivity contribution in [3.05, 3.63) is 16.6 Å². The van der Waals surface area contributed by atoms with Gasteiger partial charge >= 0.3 is 0 Å². The maximum absolute atomic E-state index is 5.52. The molecule has 1 atom stereocenters. The lowest BCUT2D eigenvalue weighted by atomic mass is 9.97. The highest BCUT2D eigenvalue weighted by Gasteiger charge is 2.22. The standard InChI is InChI=1S/C10H19N3OS/c1-10(2,14-3)7-8(13-11)6-9-12-4-5-15-9/h4-5,8,13H,6-7,11H2,1-3H3. The highest BCUT2D eigenvalue weighted by atomic mass is 32.1. The first kappa shape index (κ1) is 12.6. The van der Waals surface area contributed by atoms with Crippen molar-refractivity contribution in [1.82, 2.24) is 10.4 Å². The maximum atomic E-state index is 5.52. The number of ether oxygens (including phenoxy) is 1. The lowest BCUT2D eigenvalue weighted by Crippen LogP contribution is -2.42. The predicted octanol–water partition coefficient (Wildman–Crippen LogP) is 1.33. The minimum Gasteiger partial charge on any atom is -0.379 e. The summed E-state index contributed by atoms with van der Waals surface area (Å²) in [5.74, 6) is 5.52. The molecular weight excluding hydrogens is 210 g/mol. The normalized spacial score (nSPS) is 14.1. The van der Waals surface area contributed by atoms with Crippen LogP contribution in [0.3, 0.4) is 0 Å². The van der Waals surface area contributed by atoms with Gasteiger partial charge in [-0.3, -0.25) is 11.3 Å². The second kappa shape index (κ2) is 5.55. The Morgan fingerprint density at radius 3 is 2.87 bits per heavy atom. The number of nitrogens with two attached hydrogens (primary N) is 1. The molecule has 0 aliphatic heterocycles. The number of nitrogens with one attached hydrogen (secondary N) is 1. The van der Waals surface area contributed by atoms with Crippen molar-refractivity contribution in [2.45, 2.75) is 38.3 Å². The zero-order valence-electron chi connectivity index (χ0n) is 9.49. The molecule has 4 nitrogen and oxygen atoms in total. The molecule has 1 unspecified atom stereocenters. The zero-order valence-corrected chi connectivity index (χ0v) is 10.3. The minimum absolute atomic E-state index is 0.158. The molecule has 1 rings (SSSR count). The third-order valence-electron chi connectivity index (χ3n) is 2.43. The van der Waals surface area contributed by atoms with E-state index in [4.69, 9.17) is 10.6 Å².